The molecule has 2 unspecified atom stereocenters. The summed E-state index contributed by atoms with van der Waals surface area (Å²) in [7, 11) is 5.25. The Labute approximate surface area is 205 Å². The van der Waals surface area contributed by atoms with E-state index in [0.717, 1.165) is 56.0 Å². The fourth-order valence-electron chi connectivity index (χ4n) is 4.54. The lowest BCUT2D eigenvalue weighted by Gasteiger charge is -2.21. The van der Waals surface area contributed by atoms with Crippen molar-refractivity contribution < 1.29 is 9.47 Å². The molecule has 1 aromatic rings. The number of nitrogens with one attached hydrogen (secondary N) is 2. The Balaban J connectivity index is 0.00000341. The predicted molar refractivity (Wildman–Crippen MR) is 138 cm³/mol. The molecule has 8 heteroatoms. The molecule has 3 rings (SSSR count). The average molecular weight is 546 g/mol. The van der Waals surface area contributed by atoms with Crippen molar-refractivity contribution in [1.82, 2.24) is 20.4 Å². The largest absolute Gasteiger partial charge is 0.497 e. The van der Waals surface area contributed by atoms with Gasteiger partial charge in [0.2, 0.25) is 0 Å². The molecule has 2 saturated heterocycles. The van der Waals surface area contributed by atoms with Crippen LogP contribution in [0.3, 0.4) is 0 Å². The van der Waals surface area contributed by atoms with Gasteiger partial charge in [-0.05, 0) is 56.0 Å². The van der Waals surface area contributed by atoms with Crippen LogP contribution in [0.5, 0.6) is 11.5 Å². The Morgan fingerprint density at radius 3 is 2.42 bits per heavy atom. The van der Waals surface area contributed by atoms with Crippen molar-refractivity contribution in [1.29, 1.82) is 0 Å². The summed E-state index contributed by atoms with van der Waals surface area (Å²) < 4.78 is 10.8. The number of aliphatic imine (C=N–C) groups is 1. The number of nitrogens with zero attached hydrogens (tertiary/aromatic N) is 3. The summed E-state index contributed by atoms with van der Waals surface area (Å²) in [5.41, 5.74) is 1.22. The first-order chi connectivity index (χ1) is 14.6. The van der Waals surface area contributed by atoms with Gasteiger partial charge in [-0.15, -0.1) is 24.0 Å². The van der Waals surface area contributed by atoms with Gasteiger partial charge in [0.15, 0.2) is 5.96 Å². The normalized spacial score (nSPS) is 22.3. The minimum absolute atomic E-state index is 0. The van der Waals surface area contributed by atoms with E-state index in [1.165, 1.54) is 38.0 Å². The maximum absolute atomic E-state index is 5.40. The molecule has 0 amide bonds. The number of rotatable bonds is 9. The third-order valence-electron chi connectivity index (χ3n) is 6.12. The second-order valence-electron chi connectivity index (χ2n) is 8.49. The number of likely N-dealkylation sites (tertiary alicyclic amines) is 2. The van der Waals surface area contributed by atoms with Crippen LogP contribution in [-0.4, -0.2) is 82.3 Å². The Morgan fingerprint density at radius 2 is 1.77 bits per heavy atom. The molecule has 31 heavy (non-hydrogen) atoms. The molecule has 2 aliphatic heterocycles. The first kappa shape index (κ1) is 26.0. The van der Waals surface area contributed by atoms with Crippen molar-refractivity contribution in [2.24, 2.45) is 10.9 Å². The van der Waals surface area contributed by atoms with Gasteiger partial charge in [0.05, 0.1) is 14.2 Å². The summed E-state index contributed by atoms with van der Waals surface area (Å²) in [5, 5.41) is 7.18. The molecule has 2 heterocycles. The van der Waals surface area contributed by atoms with Crippen LogP contribution >= 0.6 is 24.0 Å². The fraction of sp³-hybridized carbons (Fsp3) is 0.696. The van der Waals surface area contributed by atoms with Gasteiger partial charge in [-0.1, -0.05) is 6.92 Å². The van der Waals surface area contributed by atoms with Crippen LogP contribution in [0.2, 0.25) is 0 Å². The second-order valence-corrected chi connectivity index (χ2v) is 8.49. The van der Waals surface area contributed by atoms with Crippen molar-refractivity contribution in [3.05, 3.63) is 23.8 Å². The van der Waals surface area contributed by atoms with E-state index in [9.17, 15) is 0 Å². The van der Waals surface area contributed by atoms with Gasteiger partial charge in [0.25, 0.3) is 0 Å². The van der Waals surface area contributed by atoms with Crippen LogP contribution in [0.4, 0.5) is 0 Å². The molecule has 2 N–H and O–H groups in total. The fourth-order valence-corrected chi connectivity index (χ4v) is 4.54. The zero-order chi connectivity index (χ0) is 21.3. The summed E-state index contributed by atoms with van der Waals surface area (Å²) in [4.78, 5) is 9.50. The van der Waals surface area contributed by atoms with Gasteiger partial charge in [0, 0.05) is 51.9 Å². The van der Waals surface area contributed by atoms with Crippen molar-refractivity contribution in [2.45, 2.75) is 38.8 Å². The Morgan fingerprint density at radius 1 is 1.06 bits per heavy atom. The highest BCUT2D eigenvalue weighted by Gasteiger charge is 2.25. The quantitative estimate of drug-likeness (QED) is 0.283. The molecule has 0 aromatic heterocycles. The molecule has 0 spiro atoms. The van der Waals surface area contributed by atoms with E-state index in [1.807, 2.05) is 13.1 Å². The van der Waals surface area contributed by atoms with Gasteiger partial charge in [0.1, 0.15) is 11.5 Å². The molecule has 7 nitrogen and oxygen atoms in total. The molecular formula is C23H40IN5O2. The topological polar surface area (TPSA) is 61.4 Å². The number of ether oxygens (including phenoxy) is 2. The lowest BCUT2D eigenvalue weighted by Crippen LogP contribution is -2.46. The Kier molecular flexibility index (Phi) is 11.2. The number of hydrogen-bond acceptors (Lipinski definition) is 5. The standard InChI is InChI=1S/C23H39N5O2.HI/c1-5-8-27-9-6-18(15-27)14-25-23(24-2)26-20-7-10-28(17-20)16-19-11-21(29-3)13-22(12-19)30-4;/h11-13,18,20H,5-10,14-17H2,1-4H3,(H2,24,25,26);1H. The van der Waals surface area contributed by atoms with Crippen LogP contribution in [0.15, 0.2) is 23.2 Å². The lowest BCUT2D eigenvalue weighted by molar-refractivity contribution is 0.321. The van der Waals surface area contributed by atoms with Crippen molar-refractivity contribution >= 4 is 29.9 Å². The van der Waals surface area contributed by atoms with E-state index in [4.69, 9.17) is 9.47 Å². The SMILES string of the molecule is CCCN1CCC(CNC(=NC)NC2CCN(Cc3cc(OC)cc(OC)c3)C2)C1.I. The van der Waals surface area contributed by atoms with Crippen LogP contribution in [0.1, 0.15) is 31.7 Å². The summed E-state index contributed by atoms with van der Waals surface area (Å²) >= 11 is 0. The smallest absolute Gasteiger partial charge is 0.191 e. The van der Waals surface area contributed by atoms with E-state index in [1.54, 1.807) is 14.2 Å². The number of guanidine groups is 1. The minimum Gasteiger partial charge on any atom is -0.497 e. The molecule has 1 aromatic carbocycles. The van der Waals surface area contributed by atoms with Gasteiger partial charge >= 0.3 is 0 Å². The molecule has 2 atom stereocenters. The van der Waals surface area contributed by atoms with E-state index >= 15 is 0 Å². The molecule has 0 bridgehead atoms. The van der Waals surface area contributed by atoms with Crippen LogP contribution < -0.4 is 20.1 Å². The van der Waals surface area contributed by atoms with Crippen molar-refractivity contribution in [2.75, 3.05) is 60.5 Å². The molecule has 0 radical (unpaired) electrons. The first-order valence-electron chi connectivity index (χ1n) is 11.3. The van der Waals surface area contributed by atoms with E-state index in [2.05, 4.69) is 44.5 Å². The number of methoxy groups -OCH3 is 2. The van der Waals surface area contributed by atoms with Gasteiger partial charge in [-0.25, -0.2) is 0 Å². The number of halogens is 1. The second kappa shape index (κ2) is 13.3. The maximum Gasteiger partial charge on any atom is 0.191 e. The van der Waals surface area contributed by atoms with Crippen LogP contribution in [0, 0.1) is 5.92 Å². The summed E-state index contributed by atoms with van der Waals surface area (Å²) in [6.45, 7) is 9.90. The third-order valence-corrected chi connectivity index (χ3v) is 6.12. The van der Waals surface area contributed by atoms with Gasteiger partial charge in [-0.3, -0.25) is 9.89 Å². The highest BCUT2D eigenvalue weighted by molar-refractivity contribution is 14.0. The third kappa shape index (κ3) is 7.98. The number of hydrogen-bond donors (Lipinski definition) is 2. The minimum atomic E-state index is 0. The maximum atomic E-state index is 5.40. The summed E-state index contributed by atoms with van der Waals surface area (Å²) in [5.74, 6) is 3.33. The van der Waals surface area contributed by atoms with E-state index in [-0.39, 0.29) is 24.0 Å². The van der Waals surface area contributed by atoms with Crippen LogP contribution in [-0.2, 0) is 6.54 Å². The number of benzene rings is 1. The lowest BCUT2D eigenvalue weighted by atomic mass is 10.1. The Bertz CT molecular complexity index is 680. The highest BCUT2D eigenvalue weighted by Crippen LogP contribution is 2.24. The van der Waals surface area contributed by atoms with Gasteiger partial charge in [-0.2, -0.15) is 0 Å². The monoisotopic (exact) mass is 545 g/mol. The zero-order valence-electron chi connectivity index (χ0n) is 19.5. The zero-order valence-corrected chi connectivity index (χ0v) is 21.9. The molecule has 2 aliphatic rings. The molecule has 2 fully saturated rings. The van der Waals surface area contributed by atoms with Crippen molar-refractivity contribution in [3.8, 4) is 11.5 Å². The summed E-state index contributed by atoms with van der Waals surface area (Å²) in [6.07, 6.45) is 3.64. The molecule has 0 aliphatic carbocycles. The summed E-state index contributed by atoms with van der Waals surface area (Å²) in [6, 6.07) is 6.52. The highest BCUT2D eigenvalue weighted by atomic mass is 127. The predicted octanol–water partition coefficient (Wildman–Crippen LogP) is 2.79. The molecule has 176 valence electrons. The van der Waals surface area contributed by atoms with E-state index in [0.29, 0.717) is 6.04 Å². The average Bonchev–Trinajstić information content (AvgIpc) is 3.40. The van der Waals surface area contributed by atoms with Crippen molar-refractivity contribution in [3.63, 3.8) is 0 Å². The van der Waals surface area contributed by atoms with Crippen LogP contribution in [0.25, 0.3) is 0 Å². The first-order valence-corrected chi connectivity index (χ1v) is 11.3. The Hall–Kier alpha value is -1.26. The molecule has 0 saturated carbocycles. The van der Waals surface area contributed by atoms with Gasteiger partial charge < -0.3 is 25.0 Å². The molecular weight excluding hydrogens is 505 g/mol. The van der Waals surface area contributed by atoms with E-state index < -0.39 is 0 Å².